The molecule has 1 aromatic heterocycles. The van der Waals surface area contributed by atoms with E-state index in [0.29, 0.717) is 5.15 Å². The lowest BCUT2D eigenvalue weighted by atomic mass is 10.2. The van der Waals surface area contributed by atoms with E-state index >= 15 is 0 Å². The maximum absolute atomic E-state index is 8.69. The van der Waals surface area contributed by atoms with Gasteiger partial charge in [0.2, 0.25) is 0 Å². The second-order valence-corrected chi connectivity index (χ2v) is 4.94. The normalized spacial score (nSPS) is 10.8. The van der Waals surface area contributed by atoms with Gasteiger partial charge in [-0.25, -0.2) is 4.98 Å². The minimum absolute atomic E-state index is 0.287. The van der Waals surface area contributed by atoms with Crippen LogP contribution in [0.4, 0.5) is 5.82 Å². The van der Waals surface area contributed by atoms with Crippen molar-refractivity contribution in [1.82, 2.24) is 4.98 Å². The molecule has 0 spiro atoms. The largest absolute Gasteiger partial charge is 0.396 e. The third kappa shape index (κ3) is 4.08. The number of hydrogen-bond donors (Lipinski definition) is 2. The SMILES string of the molecule is OCCCCCCNc1cc2ccccc2c(Cl)n1. The molecule has 0 aliphatic carbocycles. The van der Waals surface area contributed by atoms with E-state index in [9.17, 15) is 0 Å². The Morgan fingerprint density at radius 2 is 1.89 bits per heavy atom. The Balaban J connectivity index is 1.90. The van der Waals surface area contributed by atoms with Gasteiger partial charge in [-0.2, -0.15) is 0 Å². The summed E-state index contributed by atoms with van der Waals surface area (Å²) >= 11 is 6.16. The summed E-state index contributed by atoms with van der Waals surface area (Å²) in [6.45, 7) is 1.17. The van der Waals surface area contributed by atoms with E-state index < -0.39 is 0 Å². The van der Waals surface area contributed by atoms with Gasteiger partial charge >= 0.3 is 0 Å². The number of anilines is 1. The average molecular weight is 279 g/mol. The molecular formula is C15H19ClN2O. The van der Waals surface area contributed by atoms with Crippen molar-refractivity contribution >= 4 is 28.2 Å². The monoisotopic (exact) mass is 278 g/mol. The summed E-state index contributed by atoms with van der Waals surface area (Å²) in [4.78, 5) is 4.35. The first-order chi connectivity index (χ1) is 9.31. The molecule has 4 heteroatoms. The number of rotatable bonds is 7. The zero-order chi connectivity index (χ0) is 13.5. The molecule has 102 valence electrons. The van der Waals surface area contributed by atoms with Gasteiger partial charge in [0.15, 0.2) is 0 Å². The smallest absolute Gasteiger partial charge is 0.139 e. The molecule has 0 aliphatic rings. The molecule has 0 aliphatic heterocycles. The van der Waals surface area contributed by atoms with Crippen LogP contribution in [0.3, 0.4) is 0 Å². The van der Waals surface area contributed by atoms with Crippen LogP contribution in [-0.4, -0.2) is 23.2 Å². The molecule has 1 heterocycles. The van der Waals surface area contributed by atoms with E-state index in [-0.39, 0.29) is 6.61 Å². The summed E-state index contributed by atoms with van der Waals surface area (Å²) in [5, 5.41) is 14.6. The molecule has 0 saturated heterocycles. The second kappa shape index (κ2) is 7.31. The van der Waals surface area contributed by atoms with Gasteiger partial charge in [-0.3, -0.25) is 0 Å². The van der Waals surface area contributed by atoms with Gasteiger partial charge in [0, 0.05) is 18.5 Å². The van der Waals surface area contributed by atoms with E-state index in [2.05, 4.69) is 10.3 Å². The molecule has 2 N–H and O–H groups in total. The molecule has 3 nitrogen and oxygen atoms in total. The van der Waals surface area contributed by atoms with E-state index in [1.165, 1.54) is 0 Å². The molecule has 0 bridgehead atoms. The molecule has 0 unspecified atom stereocenters. The molecular weight excluding hydrogens is 260 g/mol. The minimum atomic E-state index is 0.287. The lowest BCUT2D eigenvalue weighted by Crippen LogP contribution is -2.03. The van der Waals surface area contributed by atoms with Crippen molar-refractivity contribution in [1.29, 1.82) is 0 Å². The van der Waals surface area contributed by atoms with Crippen LogP contribution < -0.4 is 5.32 Å². The van der Waals surface area contributed by atoms with Gasteiger partial charge < -0.3 is 10.4 Å². The van der Waals surface area contributed by atoms with Crippen molar-refractivity contribution in [3.63, 3.8) is 0 Å². The number of nitrogens with one attached hydrogen (secondary N) is 1. The molecule has 0 atom stereocenters. The van der Waals surface area contributed by atoms with Crippen LogP contribution >= 0.6 is 11.6 Å². The first kappa shape index (κ1) is 14.1. The highest BCUT2D eigenvalue weighted by Gasteiger charge is 2.02. The number of unbranched alkanes of at least 4 members (excludes halogenated alkanes) is 3. The highest BCUT2D eigenvalue weighted by atomic mass is 35.5. The zero-order valence-corrected chi connectivity index (χ0v) is 11.7. The third-order valence-electron chi connectivity index (χ3n) is 3.08. The van der Waals surface area contributed by atoms with Crippen molar-refractivity contribution in [2.24, 2.45) is 0 Å². The number of hydrogen-bond acceptors (Lipinski definition) is 3. The van der Waals surface area contributed by atoms with Gasteiger partial charge in [0.1, 0.15) is 11.0 Å². The summed E-state index contributed by atoms with van der Waals surface area (Å²) in [5.74, 6) is 0.825. The number of pyridine rings is 1. The molecule has 0 saturated carbocycles. The Kier molecular flexibility index (Phi) is 5.43. The standard InChI is InChI=1S/C15H19ClN2O/c16-15-13-8-4-3-7-12(13)11-14(18-15)17-9-5-1-2-6-10-19/h3-4,7-8,11,19H,1-2,5-6,9-10H2,(H,17,18). The molecule has 19 heavy (non-hydrogen) atoms. The Hall–Kier alpha value is -1.32. The summed E-state index contributed by atoms with van der Waals surface area (Å²) in [6.07, 6.45) is 4.16. The van der Waals surface area contributed by atoms with Crippen LogP contribution in [0.15, 0.2) is 30.3 Å². The van der Waals surface area contributed by atoms with E-state index in [1.807, 2.05) is 30.3 Å². The Labute approximate surface area is 118 Å². The van der Waals surface area contributed by atoms with E-state index in [4.69, 9.17) is 16.7 Å². The number of nitrogens with zero attached hydrogens (tertiary/aromatic N) is 1. The van der Waals surface area contributed by atoms with Crippen LogP contribution in [0.25, 0.3) is 10.8 Å². The average Bonchev–Trinajstić information content (AvgIpc) is 2.43. The fourth-order valence-corrected chi connectivity index (χ4v) is 2.32. The minimum Gasteiger partial charge on any atom is -0.396 e. The van der Waals surface area contributed by atoms with Gasteiger partial charge in [0.05, 0.1) is 0 Å². The first-order valence-electron chi connectivity index (χ1n) is 6.71. The summed E-state index contributed by atoms with van der Waals surface area (Å²) in [6, 6.07) is 10.00. The molecule has 0 fully saturated rings. The van der Waals surface area contributed by atoms with Gasteiger partial charge in [-0.05, 0) is 24.3 Å². The van der Waals surface area contributed by atoms with Crippen molar-refractivity contribution in [2.45, 2.75) is 25.7 Å². The number of halogens is 1. The van der Waals surface area contributed by atoms with Crippen molar-refractivity contribution in [3.05, 3.63) is 35.5 Å². The number of aliphatic hydroxyl groups excluding tert-OH is 1. The van der Waals surface area contributed by atoms with Crippen LogP contribution in [0, 0.1) is 0 Å². The Morgan fingerprint density at radius 3 is 2.74 bits per heavy atom. The third-order valence-corrected chi connectivity index (χ3v) is 3.37. The van der Waals surface area contributed by atoms with Gasteiger partial charge in [-0.1, -0.05) is 48.7 Å². The van der Waals surface area contributed by atoms with Crippen molar-refractivity contribution in [3.8, 4) is 0 Å². The predicted octanol–water partition coefficient (Wildman–Crippen LogP) is 3.85. The maximum Gasteiger partial charge on any atom is 0.139 e. The predicted molar refractivity (Wildman–Crippen MR) is 80.8 cm³/mol. The fourth-order valence-electron chi connectivity index (χ4n) is 2.05. The van der Waals surface area contributed by atoms with Crippen LogP contribution in [0.2, 0.25) is 5.15 Å². The molecule has 0 amide bonds. The molecule has 0 radical (unpaired) electrons. The second-order valence-electron chi connectivity index (χ2n) is 4.58. The molecule has 2 aromatic rings. The number of aliphatic hydroxyl groups is 1. The fraction of sp³-hybridized carbons (Fsp3) is 0.400. The lowest BCUT2D eigenvalue weighted by molar-refractivity contribution is 0.283. The van der Waals surface area contributed by atoms with Gasteiger partial charge in [-0.15, -0.1) is 0 Å². The highest BCUT2D eigenvalue weighted by molar-refractivity contribution is 6.34. The summed E-state index contributed by atoms with van der Waals surface area (Å²) in [7, 11) is 0. The molecule has 1 aromatic carbocycles. The zero-order valence-electron chi connectivity index (χ0n) is 10.9. The number of fused-ring (bicyclic) bond motifs is 1. The van der Waals surface area contributed by atoms with E-state index in [1.54, 1.807) is 0 Å². The summed E-state index contributed by atoms with van der Waals surface area (Å²) < 4.78 is 0. The lowest BCUT2D eigenvalue weighted by Gasteiger charge is -2.08. The summed E-state index contributed by atoms with van der Waals surface area (Å²) in [5.41, 5.74) is 0. The highest BCUT2D eigenvalue weighted by Crippen LogP contribution is 2.24. The van der Waals surface area contributed by atoms with Crippen LogP contribution in [-0.2, 0) is 0 Å². The first-order valence-corrected chi connectivity index (χ1v) is 7.09. The topological polar surface area (TPSA) is 45.1 Å². The Morgan fingerprint density at radius 1 is 1.11 bits per heavy atom. The number of benzene rings is 1. The van der Waals surface area contributed by atoms with Gasteiger partial charge in [0.25, 0.3) is 0 Å². The quantitative estimate of drug-likeness (QED) is 0.597. The van der Waals surface area contributed by atoms with E-state index in [0.717, 1.165) is 48.8 Å². The molecule has 2 rings (SSSR count). The Bertz CT molecular complexity index is 531. The van der Waals surface area contributed by atoms with Crippen molar-refractivity contribution < 1.29 is 5.11 Å². The van der Waals surface area contributed by atoms with Crippen molar-refractivity contribution in [2.75, 3.05) is 18.5 Å². The van der Waals surface area contributed by atoms with Crippen LogP contribution in [0.5, 0.6) is 0 Å². The van der Waals surface area contributed by atoms with Crippen LogP contribution in [0.1, 0.15) is 25.7 Å². The number of aromatic nitrogens is 1. The maximum atomic E-state index is 8.69.